The van der Waals surface area contributed by atoms with E-state index in [1.165, 1.54) is 36.6 Å². The number of fused-ring (bicyclic) bond motifs is 8. The van der Waals surface area contributed by atoms with E-state index in [4.69, 9.17) is 9.40 Å². The van der Waals surface area contributed by atoms with E-state index in [1.807, 2.05) is 6.07 Å². The Morgan fingerprint density at radius 1 is 0.561 bits per heavy atom. The van der Waals surface area contributed by atoms with Crippen molar-refractivity contribution in [3.63, 3.8) is 0 Å². The van der Waals surface area contributed by atoms with Gasteiger partial charge in [0.2, 0.25) is 5.89 Å². The maximum absolute atomic E-state index is 6.66. The van der Waals surface area contributed by atoms with E-state index >= 15 is 0 Å². The smallest absolute Gasteiger partial charge is 0.227 e. The van der Waals surface area contributed by atoms with Crippen LogP contribution < -0.4 is 0 Å². The molecule has 3 heterocycles. The van der Waals surface area contributed by atoms with Gasteiger partial charge in [0.25, 0.3) is 0 Å². The van der Waals surface area contributed by atoms with Crippen LogP contribution in [-0.2, 0) is 0 Å². The number of nitrogens with zero attached hydrogens (tertiary/aromatic N) is 2. The van der Waals surface area contributed by atoms with Crippen LogP contribution in [0.25, 0.3) is 81.3 Å². The molecule has 9 aromatic rings. The molecule has 0 radical (unpaired) electrons. The molecule has 0 amide bonds. The summed E-state index contributed by atoms with van der Waals surface area (Å²) in [5.41, 5.74) is 8.44. The number of hydrogen-bond donors (Lipinski definition) is 0. The Morgan fingerprint density at radius 3 is 1.93 bits per heavy atom. The molecule has 0 fully saturated rings. The number of thiophene rings is 1. The second kappa shape index (κ2) is 8.65. The molecular formula is C37H22N2OS. The number of hydrogen-bond acceptors (Lipinski definition) is 3. The van der Waals surface area contributed by atoms with Crippen molar-refractivity contribution in [2.24, 2.45) is 0 Å². The maximum Gasteiger partial charge on any atom is 0.227 e. The Bertz CT molecular complexity index is 2360. The highest BCUT2D eigenvalue weighted by Crippen LogP contribution is 2.44. The summed E-state index contributed by atoms with van der Waals surface area (Å²) in [6, 6.07) is 47.0. The highest BCUT2D eigenvalue weighted by Gasteiger charge is 2.20. The van der Waals surface area contributed by atoms with Gasteiger partial charge in [-0.1, -0.05) is 84.9 Å². The van der Waals surface area contributed by atoms with E-state index in [9.17, 15) is 0 Å². The first kappa shape index (κ1) is 22.6. The van der Waals surface area contributed by atoms with Gasteiger partial charge in [0.15, 0.2) is 5.58 Å². The van der Waals surface area contributed by atoms with Crippen molar-refractivity contribution < 1.29 is 4.42 Å². The standard InChI is InChI=1S/C37H22N2OS/c1-2-10-23(11-3-1)29-22-33-34(28-14-6-9-17-32(28)41-33)36-35(29)38-37(40-36)24-18-20-25(21-19-24)39-30-15-7-4-12-26(30)27-13-5-8-16-31(27)39/h1-22H. The third-order valence-corrected chi connectivity index (χ3v) is 9.16. The molecule has 41 heavy (non-hydrogen) atoms. The summed E-state index contributed by atoms with van der Waals surface area (Å²) < 4.78 is 11.4. The number of rotatable bonds is 3. The van der Waals surface area contributed by atoms with Crippen LogP contribution in [0.1, 0.15) is 0 Å². The fourth-order valence-corrected chi connectivity index (χ4v) is 7.33. The second-order valence-electron chi connectivity index (χ2n) is 10.4. The van der Waals surface area contributed by atoms with E-state index in [0.29, 0.717) is 5.89 Å². The molecule has 3 aromatic heterocycles. The van der Waals surface area contributed by atoms with Crippen LogP contribution in [-0.4, -0.2) is 9.55 Å². The minimum Gasteiger partial charge on any atom is -0.435 e. The van der Waals surface area contributed by atoms with E-state index < -0.39 is 0 Å². The molecule has 4 heteroatoms. The molecule has 0 aliphatic carbocycles. The van der Waals surface area contributed by atoms with Gasteiger partial charge in [0.1, 0.15) is 5.52 Å². The van der Waals surface area contributed by atoms with Crippen molar-refractivity contribution in [2.75, 3.05) is 0 Å². The molecule has 6 aromatic carbocycles. The minimum absolute atomic E-state index is 0.633. The summed E-state index contributed by atoms with van der Waals surface area (Å²) in [5, 5.41) is 4.86. The van der Waals surface area contributed by atoms with Crippen LogP contribution in [0.2, 0.25) is 0 Å². The highest BCUT2D eigenvalue weighted by atomic mass is 32.1. The van der Waals surface area contributed by atoms with Crippen LogP contribution in [0.3, 0.4) is 0 Å². The summed E-state index contributed by atoms with van der Waals surface area (Å²) in [5.74, 6) is 0.633. The Balaban J connectivity index is 1.25. The first-order valence-corrected chi connectivity index (χ1v) is 14.5. The van der Waals surface area contributed by atoms with Crippen molar-refractivity contribution in [1.82, 2.24) is 9.55 Å². The molecule has 0 aliphatic rings. The Hall–Kier alpha value is -5.19. The fourth-order valence-electron chi connectivity index (χ4n) is 6.19. The van der Waals surface area contributed by atoms with Crippen molar-refractivity contribution in [3.8, 4) is 28.3 Å². The molecule has 0 saturated heterocycles. The quantitative estimate of drug-likeness (QED) is 0.222. The van der Waals surface area contributed by atoms with Crippen LogP contribution in [0, 0.1) is 0 Å². The van der Waals surface area contributed by atoms with E-state index in [0.717, 1.165) is 38.9 Å². The minimum atomic E-state index is 0.633. The van der Waals surface area contributed by atoms with Gasteiger partial charge in [-0.25, -0.2) is 4.98 Å². The molecular weight excluding hydrogens is 520 g/mol. The number of aromatic nitrogens is 2. The summed E-state index contributed by atoms with van der Waals surface area (Å²) in [6.45, 7) is 0. The molecule has 0 atom stereocenters. The van der Waals surface area contributed by atoms with Crippen molar-refractivity contribution >= 4 is 64.4 Å². The van der Waals surface area contributed by atoms with Gasteiger partial charge in [-0.15, -0.1) is 11.3 Å². The van der Waals surface area contributed by atoms with Gasteiger partial charge >= 0.3 is 0 Å². The summed E-state index contributed by atoms with van der Waals surface area (Å²) in [4.78, 5) is 5.12. The lowest BCUT2D eigenvalue weighted by molar-refractivity contribution is 0.623. The zero-order chi connectivity index (χ0) is 26.9. The normalized spacial score (nSPS) is 11.9. The van der Waals surface area contributed by atoms with E-state index in [-0.39, 0.29) is 0 Å². The predicted octanol–water partition coefficient (Wildman–Crippen LogP) is 10.6. The number of para-hydroxylation sites is 2. The van der Waals surface area contributed by atoms with Crippen molar-refractivity contribution in [2.45, 2.75) is 0 Å². The van der Waals surface area contributed by atoms with Crippen LogP contribution in [0.4, 0.5) is 0 Å². The van der Waals surface area contributed by atoms with Crippen molar-refractivity contribution in [3.05, 3.63) is 133 Å². The van der Waals surface area contributed by atoms with E-state index in [2.05, 4.69) is 132 Å². The van der Waals surface area contributed by atoms with E-state index in [1.54, 1.807) is 11.3 Å². The third-order valence-electron chi connectivity index (χ3n) is 8.04. The first-order chi connectivity index (χ1) is 20.3. The zero-order valence-corrected chi connectivity index (χ0v) is 22.7. The molecule has 3 nitrogen and oxygen atoms in total. The summed E-state index contributed by atoms with van der Waals surface area (Å²) >= 11 is 1.80. The predicted molar refractivity (Wildman–Crippen MR) is 172 cm³/mol. The molecule has 192 valence electrons. The largest absolute Gasteiger partial charge is 0.435 e. The lowest BCUT2D eigenvalue weighted by Crippen LogP contribution is -1.93. The SMILES string of the molecule is c1ccc(-c2cc3sc4ccccc4c3c3oc(-c4ccc(-n5c6ccccc6c6ccccc65)cc4)nc23)cc1. The van der Waals surface area contributed by atoms with Gasteiger partial charge in [0, 0.05) is 47.8 Å². The van der Waals surface area contributed by atoms with Crippen LogP contribution in [0.5, 0.6) is 0 Å². The summed E-state index contributed by atoms with van der Waals surface area (Å²) in [7, 11) is 0. The van der Waals surface area contributed by atoms with Crippen LogP contribution in [0.15, 0.2) is 138 Å². The van der Waals surface area contributed by atoms with Gasteiger partial charge in [-0.05, 0) is 54.1 Å². The van der Waals surface area contributed by atoms with Gasteiger partial charge in [-0.2, -0.15) is 0 Å². The molecule has 0 bridgehead atoms. The molecule has 0 saturated carbocycles. The second-order valence-corrected chi connectivity index (χ2v) is 11.5. The number of benzene rings is 6. The number of oxazole rings is 1. The molecule has 0 N–H and O–H groups in total. The lowest BCUT2D eigenvalue weighted by atomic mass is 10.0. The summed E-state index contributed by atoms with van der Waals surface area (Å²) in [6.07, 6.45) is 0. The molecule has 0 unspecified atom stereocenters. The average Bonchev–Trinajstić information content (AvgIpc) is 3.73. The fraction of sp³-hybridized carbons (Fsp3) is 0. The molecule has 9 rings (SSSR count). The van der Waals surface area contributed by atoms with Gasteiger partial charge in [0.05, 0.1) is 11.0 Å². The van der Waals surface area contributed by atoms with Crippen LogP contribution >= 0.6 is 11.3 Å². The molecule has 0 aliphatic heterocycles. The zero-order valence-electron chi connectivity index (χ0n) is 21.9. The Morgan fingerprint density at radius 2 is 1.20 bits per heavy atom. The Labute approximate surface area is 239 Å². The average molecular weight is 543 g/mol. The Kier molecular flexibility index (Phi) is 4.77. The monoisotopic (exact) mass is 542 g/mol. The van der Waals surface area contributed by atoms with Gasteiger partial charge < -0.3 is 8.98 Å². The van der Waals surface area contributed by atoms with Crippen molar-refractivity contribution in [1.29, 1.82) is 0 Å². The van der Waals surface area contributed by atoms with Gasteiger partial charge in [-0.3, -0.25) is 0 Å². The maximum atomic E-state index is 6.66. The first-order valence-electron chi connectivity index (χ1n) is 13.7. The highest BCUT2D eigenvalue weighted by molar-refractivity contribution is 7.26. The lowest BCUT2D eigenvalue weighted by Gasteiger charge is -2.08. The molecule has 0 spiro atoms. The topological polar surface area (TPSA) is 31.0 Å². The third kappa shape index (κ3) is 3.35.